The zero-order valence-electron chi connectivity index (χ0n) is 8.59. The summed E-state index contributed by atoms with van der Waals surface area (Å²) >= 11 is 1.97. The molecule has 0 radical (unpaired) electrons. The second-order valence-electron chi connectivity index (χ2n) is 3.48. The topological polar surface area (TPSA) is 63.6 Å². The van der Waals surface area contributed by atoms with Gasteiger partial charge < -0.3 is 4.98 Å². The molecule has 84 valence electrons. The van der Waals surface area contributed by atoms with Gasteiger partial charge >= 0.3 is 0 Å². The summed E-state index contributed by atoms with van der Waals surface area (Å²) in [7, 11) is 0. The first kappa shape index (κ1) is 10.5. The fourth-order valence-corrected chi connectivity index (χ4v) is 2.19. The van der Waals surface area contributed by atoms with Crippen molar-refractivity contribution >= 4 is 33.5 Å². The number of nitrogens with zero attached hydrogens (tertiary/aromatic N) is 3. The summed E-state index contributed by atoms with van der Waals surface area (Å²) in [4.78, 5) is 18.2. The van der Waals surface area contributed by atoms with E-state index in [0.29, 0.717) is 9.39 Å². The van der Waals surface area contributed by atoms with Crippen LogP contribution in [0.2, 0.25) is 0 Å². The van der Waals surface area contributed by atoms with Crippen molar-refractivity contribution in [2.45, 2.75) is 0 Å². The zero-order valence-corrected chi connectivity index (χ0v) is 10.7. The molecule has 2 aromatic heterocycles. The lowest BCUT2D eigenvalue weighted by Crippen LogP contribution is -2.15. The molecule has 0 aliphatic rings. The van der Waals surface area contributed by atoms with Crippen molar-refractivity contribution in [3.63, 3.8) is 0 Å². The third-order valence-corrected chi connectivity index (χ3v) is 3.43. The van der Waals surface area contributed by atoms with Crippen molar-refractivity contribution in [2.24, 2.45) is 0 Å². The third kappa shape index (κ3) is 1.64. The molecule has 0 bridgehead atoms. The van der Waals surface area contributed by atoms with Gasteiger partial charge in [-0.05, 0) is 28.7 Å². The van der Waals surface area contributed by atoms with Crippen LogP contribution < -0.4 is 5.56 Å². The van der Waals surface area contributed by atoms with Gasteiger partial charge in [0.05, 0.1) is 18.0 Å². The molecule has 0 atom stereocenters. The van der Waals surface area contributed by atoms with E-state index in [9.17, 15) is 4.79 Å². The molecular weight excluding hydrogens is 331 g/mol. The van der Waals surface area contributed by atoms with E-state index < -0.39 is 0 Å². The van der Waals surface area contributed by atoms with Gasteiger partial charge in [0.2, 0.25) is 0 Å². The average molecular weight is 338 g/mol. The van der Waals surface area contributed by atoms with Crippen LogP contribution in [0.1, 0.15) is 0 Å². The maximum atomic E-state index is 11.5. The van der Waals surface area contributed by atoms with E-state index in [1.807, 2.05) is 46.9 Å². The number of benzene rings is 1. The number of fused-ring (bicyclic) bond motifs is 1. The van der Waals surface area contributed by atoms with Crippen LogP contribution in [-0.2, 0) is 0 Å². The number of hydrogen-bond donors (Lipinski definition) is 1. The lowest BCUT2D eigenvalue weighted by Gasteiger charge is -2.03. The SMILES string of the molecule is O=c1[nH]cnc(-n2ncc3ccccc32)c1I. The normalized spacial score (nSPS) is 10.9. The largest absolute Gasteiger partial charge is 0.312 e. The molecule has 0 amide bonds. The van der Waals surface area contributed by atoms with Crippen LogP contribution in [0.4, 0.5) is 0 Å². The number of aromatic nitrogens is 4. The van der Waals surface area contributed by atoms with E-state index in [1.165, 1.54) is 6.33 Å². The van der Waals surface area contributed by atoms with Crippen LogP contribution in [0.3, 0.4) is 0 Å². The molecule has 0 aliphatic heterocycles. The number of hydrogen-bond acceptors (Lipinski definition) is 3. The fourth-order valence-electron chi connectivity index (χ4n) is 1.66. The average Bonchev–Trinajstić information content (AvgIpc) is 2.77. The van der Waals surface area contributed by atoms with Crippen LogP contribution in [0.25, 0.3) is 16.7 Å². The molecule has 2 heterocycles. The molecule has 0 saturated heterocycles. The number of halogens is 1. The molecule has 17 heavy (non-hydrogen) atoms. The van der Waals surface area contributed by atoms with E-state index in [4.69, 9.17) is 0 Å². The number of para-hydroxylation sites is 1. The Hall–Kier alpha value is -1.70. The fraction of sp³-hybridized carbons (Fsp3) is 0. The Morgan fingerprint density at radius 1 is 1.29 bits per heavy atom. The molecule has 1 aromatic carbocycles. The van der Waals surface area contributed by atoms with Crippen molar-refractivity contribution < 1.29 is 0 Å². The van der Waals surface area contributed by atoms with Crippen molar-refractivity contribution in [1.29, 1.82) is 0 Å². The minimum atomic E-state index is -0.157. The number of aromatic amines is 1. The van der Waals surface area contributed by atoms with Gasteiger partial charge in [-0.25, -0.2) is 9.67 Å². The standard InChI is InChI=1S/C11H7IN4O/c12-9-10(13-6-14-11(9)17)16-8-4-2-1-3-7(8)5-15-16/h1-6H,(H,13,14,17). The maximum absolute atomic E-state index is 11.5. The predicted molar refractivity (Wildman–Crippen MR) is 72.2 cm³/mol. The molecule has 3 rings (SSSR count). The summed E-state index contributed by atoms with van der Waals surface area (Å²) in [6, 6.07) is 7.80. The van der Waals surface area contributed by atoms with Crippen LogP contribution in [0, 0.1) is 3.57 Å². The van der Waals surface area contributed by atoms with Gasteiger partial charge in [-0.1, -0.05) is 18.2 Å². The highest BCUT2D eigenvalue weighted by Gasteiger charge is 2.10. The minimum absolute atomic E-state index is 0.157. The Balaban J connectivity index is 2.35. The molecule has 0 unspecified atom stereocenters. The highest BCUT2D eigenvalue weighted by molar-refractivity contribution is 14.1. The summed E-state index contributed by atoms with van der Waals surface area (Å²) < 4.78 is 2.20. The zero-order chi connectivity index (χ0) is 11.8. The Morgan fingerprint density at radius 2 is 2.12 bits per heavy atom. The molecule has 5 nitrogen and oxygen atoms in total. The Morgan fingerprint density at radius 3 is 3.00 bits per heavy atom. The number of nitrogens with one attached hydrogen (secondary N) is 1. The molecule has 0 saturated carbocycles. The van der Waals surface area contributed by atoms with Crippen LogP contribution in [0.5, 0.6) is 0 Å². The van der Waals surface area contributed by atoms with Crippen LogP contribution in [0.15, 0.2) is 41.6 Å². The van der Waals surface area contributed by atoms with Crippen LogP contribution >= 0.6 is 22.6 Å². The quantitative estimate of drug-likeness (QED) is 0.687. The Labute approximate surface area is 110 Å². The summed E-state index contributed by atoms with van der Waals surface area (Å²) in [5, 5.41) is 5.28. The molecule has 0 fully saturated rings. The van der Waals surface area contributed by atoms with Gasteiger partial charge in [0.15, 0.2) is 5.82 Å². The van der Waals surface area contributed by atoms with Crippen molar-refractivity contribution in [3.8, 4) is 5.82 Å². The van der Waals surface area contributed by atoms with E-state index >= 15 is 0 Å². The van der Waals surface area contributed by atoms with Gasteiger partial charge in [0.1, 0.15) is 3.57 Å². The second kappa shape index (κ2) is 3.95. The monoisotopic (exact) mass is 338 g/mol. The highest BCUT2D eigenvalue weighted by Crippen LogP contribution is 2.17. The van der Waals surface area contributed by atoms with Crippen LogP contribution in [-0.4, -0.2) is 19.7 Å². The van der Waals surface area contributed by atoms with Gasteiger partial charge in [-0.3, -0.25) is 4.79 Å². The van der Waals surface area contributed by atoms with Crippen molar-refractivity contribution in [1.82, 2.24) is 19.7 Å². The van der Waals surface area contributed by atoms with Gasteiger partial charge in [-0.2, -0.15) is 5.10 Å². The molecule has 0 aliphatic carbocycles. The lowest BCUT2D eigenvalue weighted by atomic mass is 10.2. The van der Waals surface area contributed by atoms with Gasteiger partial charge in [0.25, 0.3) is 5.56 Å². The minimum Gasteiger partial charge on any atom is -0.312 e. The third-order valence-electron chi connectivity index (χ3n) is 2.46. The van der Waals surface area contributed by atoms with E-state index in [0.717, 1.165) is 10.9 Å². The summed E-state index contributed by atoms with van der Waals surface area (Å²) in [5.41, 5.74) is 0.777. The summed E-state index contributed by atoms with van der Waals surface area (Å²) in [5.74, 6) is 0.551. The van der Waals surface area contributed by atoms with Crippen molar-refractivity contribution in [3.05, 3.63) is 50.7 Å². The number of H-pyrrole nitrogens is 1. The molecule has 1 N–H and O–H groups in total. The second-order valence-corrected chi connectivity index (χ2v) is 4.56. The first-order valence-corrected chi connectivity index (χ1v) is 6.01. The van der Waals surface area contributed by atoms with Gasteiger partial charge in [0, 0.05) is 5.39 Å². The summed E-state index contributed by atoms with van der Waals surface area (Å²) in [6.07, 6.45) is 3.14. The van der Waals surface area contributed by atoms with Gasteiger partial charge in [-0.15, -0.1) is 0 Å². The smallest absolute Gasteiger partial charge is 0.266 e. The highest BCUT2D eigenvalue weighted by atomic mass is 127. The molecule has 6 heteroatoms. The van der Waals surface area contributed by atoms with E-state index in [2.05, 4.69) is 15.1 Å². The lowest BCUT2D eigenvalue weighted by molar-refractivity contribution is 0.852. The Bertz CT molecular complexity index is 746. The number of rotatable bonds is 1. The van der Waals surface area contributed by atoms with Crippen molar-refractivity contribution in [2.75, 3.05) is 0 Å². The van der Waals surface area contributed by atoms with E-state index in [1.54, 1.807) is 10.9 Å². The Kier molecular flexibility index (Phi) is 2.43. The maximum Gasteiger partial charge on any atom is 0.266 e. The first-order chi connectivity index (χ1) is 8.27. The molecule has 0 spiro atoms. The first-order valence-electron chi connectivity index (χ1n) is 4.94. The summed E-state index contributed by atoms with van der Waals surface area (Å²) in [6.45, 7) is 0. The predicted octanol–water partition coefficient (Wildman–Crippen LogP) is 1.71. The molecular formula is C11H7IN4O. The molecule has 3 aromatic rings. The van der Waals surface area contributed by atoms with E-state index in [-0.39, 0.29) is 5.56 Å².